The Kier molecular flexibility index (Phi) is 4.79. The smallest absolute Gasteiger partial charge is 0.243 e. The predicted octanol–water partition coefficient (Wildman–Crippen LogP) is 0.576. The van der Waals surface area contributed by atoms with Gasteiger partial charge in [0.25, 0.3) is 0 Å². The van der Waals surface area contributed by atoms with Crippen molar-refractivity contribution < 1.29 is 5.11 Å². The molecule has 0 radical (unpaired) electrons. The van der Waals surface area contributed by atoms with E-state index in [1.165, 1.54) is 6.42 Å². The number of nitrogens with zero attached hydrogens (tertiary/aromatic N) is 4. The molecular weight excluding hydrogens is 270 g/mol. The zero-order valence-electron chi connectivity index (χ0n) is 12.9. The van der Waals surface area contributed by atoms with Gasteiger partial charge in [-0.3, -0.25) is 5.43 Å². The third-order valence-corrected chi connectivity index (χ3v) is 3.92. The first-order chi connectivity index (χ1) is 9.98. The van der Waals surface area contributed by atoms with E-state index in [1.54, 1.807) is 4.90 Å². The third-order valence-electron chi connectivity index (χ3n) is 3.92. The predicted molar refractivity (Wildman–Crippen MR) is 83.0 cm³/mol. The van der Waals surface area contributed by atoms with Crippen LogP contribution in [0.25, 0.3) is 0 Å². The monoisotopic (exact) mass is 295 g/mol. The Morgan fingerprint density at radius 1 is 1.33 bits per heavy atom. The van der Waals surface area contributed by atoms with Crippen LogP contribution in [0.4, 0.5) is 17.8 Å². The number of anilines is 3. The Labute approximate surface area is 125 Å². The molecule has 21 heavy (non-hydrogen) atoms. The molecule has 8 nitrogen and oxygen atoms in total. The third kappa shape index (κ3) is 3.70. The summed E-state index contributed by atoms with van der Waals surface area (Å²) in [7, 11) is 3.70. The lowest BCUT2D eigenvalue weighted by Crippen LogP contribution is -2.46. The van der Waals surface area contributed by atoms with Gasteiger partial charge >= 0.3 is 0 Å². The van der Waals surface area contributed by atoms with Crippen molar-refractivity contribution in [1.29, 1.82) is 0 Å². The van der Waals surface area contributed by atoms with Crippen molar-refractivity contribution in [3.05, 3.63) is 0 Å². The Morgan fingerprint density at radius 3 is 2.62 bits per heavy atom. The molecule has 1 aromatic heterocycles. The van der Waals surface area contributed by atoms with E-state index in [2.05, 4.69) is 32.6 Å². The molecule has 2 unspecified atom stereocenters. The van der Waals surface area contributed by atoms with Gasteiger partial charge in [0.05, 0.1) is 12.1 Å². The van der Waals surface area contributed by atoms with Gasteiger partial charge in [-0.1, -0.05) is 19.8 Å². The zero-order valence-corrected chi connectivity index (χ0v) is 12.9. The quantitative estimate of drug-likeness (QED) is 0.461. The Balaban J connectivity index is 2.26. The molecule has 1 aromatic rings. The molecule has 1 heterocycles. The highest BCUT2D eigenvalue weighted by atomic mass is 16.3. The molecule has 1 fully saturated rings. The van der Waals surface area contributed by atoms with Gasteiger partial charge in [-0.15, -0.1) is 0 Å². The lowest BCUT2D eigenvalue weighted by molar-refractivity contribution is 0.149. The number of rotatable bonds is 5. The molecule has 0 amide bonds. The van der Waals surface area contributed by atoms with Crippen molar-refractivity contribution in [2.24, 2.45) is 11.8 Å². The molecular formula is C13H25N7O. The normalized spacial score (nSPS) is 25.5. The number of hydrogen-bond donors (Lipinski definition) is 4. The van der Waals surface area contributed by atoms with E-state index < -0.39 is 0 Å². The molecule has 0 aromatic carbocycles. The summed E-state index contributed by atoms with van der Waals surface area (Å²) in [5, 5.41) is 13.2. The Bertz CT molecular complexity index is 482. The van der Waals surface area contributed by atoms with Crippen LogP contribution in [0, 0.1) is 5.92 Å². The summed E-state index contributed by atoms with van der Waals surface area (Å²) in [6, 6.07) is 0. The van der Waals surface area contributed by atoms with Crippen molar-refractivity contribution in [3.63, 3.8) is 0 Å². The van der Waals surface area contributed by atoms with Crippen LogP contribution in [0.3, 0.4) is 0 Å². The fraction of sp³-hybridized carbons (Fsp3) is 0.769. The largest absolute Gasteiger partial charge is 0.394 e. The summed E-state index contributed by atoms with van der Waals surface area (Å²) >= 11 is 0. The molecule has 1 saturated carbocycles. The summed E-state index contributed by atoms with van der Waals surface area (Å²) in [6.07, 6.45) is 4.08. The summed E-state index contributed by atoms with van der Waals surface area (Å²) < 4.78 is 0. The minimum absolute atomic E-state index is 0.0612. The van der Waals surface area contributed by atoms with Crippen LogP contribution in [0.15, 0.2) is 0 Å². The van der Waals surface area contributed by atoms with E-state index in [9.17, 15) is 5.11 Å². The lowest BCUT2D eigenvalue weighted by atomic mass is 9.77. The molecule has 8 heteroatoms. The van der Waals surface area contributed by atoms with Gasteiger partial charge in [0.2, 0.25) is 17.8 Å². The van der Waals surface area contributed by atoms with Crippen LogP contribution in [0.2, 0.25) is 0 Å². The maximum absolute atomic E-state index is 9.84. The minimum Gasteiger partial charge on any atom is -0.394 e. The highest BCUT2D eigenvalue weighted by molar-refractivity contribution is 5.43. The average molecular weight is 295 g/mol. The summed E-state index contributed by atoms with van der Waals surface area (Å²) in [5.74, 6) is 7.23. The molecule has 0 aliphatic heterocycles. The van der Waals surface area contributed by atoms with E-state index in [-0.39, 0.29) is 12.1 Å². The van der Waals surface area contributed by atoms with Gasteiger partial charge in [0, 0.05) is 14.1 Å². The second-order valence-electron chi connectivity index (χ2n) is 6.09. The fourth-order valence-corrected chi connectivity index (χ4v) is 2.88. The number of hydrazine groups is 1. The molecule has 2 rings (SSSR count). The van der Waals surface area contributed by atoms with Crippen molar-refractivity contribution >= 4 is 17.8 Å². The number of aliphatic hydroxyl groups is 1. The first-order valence-electron chi connectivity index (χ1n) is 7.27. The zero-order chi connectivity index (χ0) is 15.5. The van der Waals surface area contributed by atoms with Gasteiger partial charge < -0.3 is 15.3 Å². The molecule has 0 saturated heterocycles. The number of nitrogens with one attached hydrogen (secondary N) is 2. The van der Waals surface area contributed by atoms with Gasteiger partial charge in [-0.2, -0.15) is 15.0 Å². The van der Waals surface area contributed by atoms with Crippen LogP contribution in [0.5, 0.6) is 0 Å². The van der Waals surface area contributed by atoms with Gasteiger partial charge in [-0.25, -0.2) is 5.84 Å². The minimum atomic E-state index is -0.367. The number of aliphatic hydroxyl groups excluding tert-OH is 1. The number of nitrogens with two attached hydrogens (primary N) is 1. The Morgan fingerprint density at radius 2 is 2.05 bits per heavy atom. The van der Waals surface area contributed by atoms with Crippen LogP contribution in [-0.2, 0) is 0 Å². The van der Waals surface area contributed by atoms with Gasteiger partial charge in [-0.05, 0) is 18.8 Å². The van der Waals surface area contributed by atoms with Crippen molar-refractivity contribution in [2.45, 2.75) is 38.1 Å². The number of aromatic nitrogens is 3. The fourth-order valence-electron chi connectivity index (χ4n) is 2.88. The van der Waals surface area contributed by atoms with E-state index in [4.69, 9.17) is 5.84 Å². The summed E-state index contributed by atoms with van der Waals surface area (Å²) in [6.45, 7) is 2.27. The molecule has 1 aliphatic carbocycles. The van der Waals surface area contributed by atoms with Crippen molar-refractivity contribution in [2.75, 3.05) is 36.3 Å². The SMILES string of the molecule is CC1CCCC(CO)(Nc2nc(NN)nc(N(C)C)n2)C1. The van der Waals surface area contributed by atoms with E-state index in [1.807, 2.05) is 14.1 Å². The van der Waals surface area contributed by atoms with Crippen molar-refractivity contribution in [3.8, 4) is 0 Å². The van der Waals surface area contributed by atoms with Crippen LogP contribution >= 0.6 is 0 Å². The van der Waals surface area contributed by atoms with E-state index in [0.717, 1.165) is 19.3 Å². The van der Waals surface area contributed by atoms with Gasteiger partial charge in [0.15, 0.2) is 0 Å². The van der Waals surface area contributed by atoms with Crippen molar-refractivity contribution in [1.82, 2.24) is 15.0 Å². The first-order valence-corrected chi connectivity index (χ1v) is 7.27. The Hall–Kier alpha value is -1.67. The standard InChI is InChI=1S/C13H25N7O/c1-9-5-4-6-13(7-9,8-21)18-10-15-11(19-14)17-12(16-10)20(2)3/h9,21H,4-8,14H2,1-3H3,(H2,15,16,17,18,19). The average Bonchev–Trinajstić information content (AvgIpc) is 2.46. The molecule has 2 atom stereocenters. The highest BCUT2D eigenvalue weighted by Crippen LogP contribution is 2.34. The van der Waals surface area contributed by atoms with Crippen LogP contribution < -0.4 is 21.5 Å². The number of nitrogen functional groups attached to an aromatic ring is 1. The highest BCUT2D eigenvalue weighted by Gasteiger charge is 2.35. The van der Waals surface area contributed by atoms with E-state index in [0.29, 0.717) is 23.8 Å². The molecule has 118 valence electrons. The van der Waals surface area contributed by atoms with E-state index >= 15 is 0 Å². The molecule has 1 aliphatic rings. The molecule has 0 spiro atoms. The van der Waals surface area contributed by atoms with Crippen LogP contribution in [-0.4, -0.2) is 46.3 Å². The lowest BCUT2D eigenvalue weighted by Gasteiger charge is -2.39. The first kappa shape index (κ1) is 15.7. The van der Waals surface area contributed by atoms with Crippen LogP contribution in [0.1, 0.15) is 32.6 Å². The maximum Gasteiger partial charge on any atom is 0.243 e. The topological polar surface area (TPSA) is 112 Å². The molecule has 0 bridgehead atoms. The second-order valence-corrected chi connectivity index (χ2v) is 6.09. The van der Waals surface area contributed by atoms with Gasteiger partial charge in [0.1, 0.15) is 0 Å². The summed E-state index contributed by atoms with van der Waals surface area (Å²) in [5.41, 5.74) is 2.08. The maximum atomic E-state index is 9.84. The molecule has 5 N–H and O–H groups in total. The number of hydrogen-bond acceptors (Lipinski definition) is 8. The summed E-state index contributed by atoms with van der Waals surface area (Å²) in [4.78, 5) is 14.6. The second kappa shape index (κ2) is 6.40.